The van der Waals surface area contributed by atoms with Crippen LogP contribution in [0.3, 0.4) is 0 Å². The average molecular weight is 322 g/mol. The normalized spacial score (nSPS) is 22.7. The van der Waals surface area contributed by atoms with E-state index in [2.05, 4.69) is 0 Å². The van der Waals surface area contributed by atoms with Gasteiger partial charge in [0.1, 0.15) is 23.8 Å². The lowest BCUT2D eigenvalue weighted by Gasteiger charge is -2.30. The quantitative estimate of drug-likeness (QED) is 0.765. The molecule has 0 spiro atoms. The predicted molar refractivity (Wildman–Crippen MR) is 83.1 cm³/mol. The van der Waals surface area contributed by atoms with E-state index in [1.165, 1.54) is 6.92 Å². The minimum atomic E-state index is -0.967. The lowest BCUT2D eigenvalue weighted by atomic mass is 9.91. The molecule has 2 atom stereocenters. The highest BCUT2D eigenvalue weighted by Gasteiger charge is 2.30. The summed E-state index contributed by atoms with van der Waals surface area (Å²) >= 11 is 0. The van der Waals surface area contributed by atoms with Gasteiger partial charge in [-0.25, -0.2) is 4.39 Å². The maximum absolute atomic E-state index is 12.7. The third-order valence-electron chi connectivity index (χ3n) is 4.16. The number of benzene rings is 1. The molecule has 0 aromatic heterocycles. The minimum Gasteiger partial charge on any atom is -0.490 e. The lowest BCUT2D eigenvalue weighted by Crippen LogP contribution is -2.34. The molecule has 0 saturated heterocycles. The summed E-state index contributed by atoms with van der Waals surface area (Å²) in [6.45, 7) is 1.36. The Hall–Kier alpha value is -1.95. The number of rotatable bonds is 8. The largest absolute Gasteiger partial charge is 0.490 e. The van der Waals surface area contributed by atoms with Crippen molar-refractivity contribution in [2.45, 2.75) is 50.9 Å². The summed E-state index contributed by atoms with van der Waals surface area (Å²) in [6, 6.07) is 6.33. The molecule has 1 fully saturated rings. The summed E-state index contributed by atoms with van der Waals surface area (Å²) < 4.78 is 18.3. The second-order valence-electron chi connectivity index (χ2n) is 6.14. The smallest absolute Gasteiger partial charge is 0.306 e. The molecule has 0 radical (unpaired) electrons. The highest BCUT2D eigenvalue weighted by molar-refractivity contribution is 5.82. The molecule has 3 N–H and O–H groups in total. The van der Waals surface area contributed by atoms with Crippen LogP contribution >= 0.6 is 0 Å². The van der Waals surface area contributed by atoms with E-state index in [1.807, 2.05) is 0 Å². The first-order valence-corrected chi connectivity index (χ1v) is 7.73. The van der Waals surface area contributed by atoms with Crippen molar-refractivity contribution in [3.05, 3.63) is 29.8 Å². The van der Waals surface area contributed by atoms with Crippen LogP contribution in [0.25, 0.3) is 0 Å². The Balaban J connectivity index is 1.92. The van der Waals surface area contributed by atoms with Gasteiger partial charge < -0.3 is 15.6 Å². The first-order chi connectivity index (χ1) is 10.8. The van der Waals surface area contributed by atoms with Crippen LogP contribution in [0.2, 0.25) is 0 Å². The summed E-state index contributed by atoms with van der Waals surface area (Å²) in [5.41, 5.74) is 6.49. The Labute approximate surface area is 134 Å². The fourth-order valence-electron chi connectivity index (χ4n) is 2.52. The van der Waals surface area contributed by atoms with Gasteiger partial charge in [-0.05, 0) is 37.5 Å². The third-order valence-corrected chi connectivity index (χ3v) is 4.16. The average Bonchev–Trinajstić information content (AvgIpc) is 2.46. The molecule has 1 unspecified atom stereocenters. The highest BCUT2D eigenvalue weighted by Crippen LogP contribution is 2.28. The first kappa shape index (κ1) is 17.4. The number of carbonyl (C=O) groups is 2. The van der Waals surface area contributed by atoms with Gasteiger partial charge in [-0.2, -0.15) is 0 Å². The predicted octanol–water partition coefficient (Wildman–Crippen LogP) is 2.12. The molecule has 1 aromatic carbocycles. The van der Waals surface area contributed by atoms with Gasteiger partial charge in [0.2, 0.25) is 0 Å². The molecule has 0 heterocycles. The van der Waals surface area contributed by atoms with Crippen molar-refractivity contribution in [1.29, 1.82) is 0 Å². The van der Waals surface area contributed by atoms with Gasteiger partial charge in [-0.15, -0.1) is 0 Å². The van der Waals surface area contributed by atoms with E-state index in [9.17, 15) is 19.1 Å². The fourth-order valence-corrected chi connectivity index (χ4v) is 2.52. The molecule has 0 aliphatic heterocycles. The zero-order valence-electron chi connectivity index (χ0n) is 13.1. The van der Waals surface area contributed by atoms with E-state index < -0.39 is 24.1 Å². The topological polar surface area (TPSA) is 89.6 Å². The summed E-state index contributed by atoms with van der Waals surface area (Å²) in [6.07, 6.45) is 0.421. The molecule has 5 nitrogen and oxygen atoms in total. The van der Waals surface area contributed by atoms with Crippen LogP contribution in [0.4, 0.5) is 4.39 Å². The summed E-state index contributed by atoms with van der Waals surface area (Å²) in [7, 11) is 0. The second-order valence-corrected chi connectivity index (χ2v) is 6.14. The van der Waals surface area contributed by atoms with E-state index in [-0.39, 0.29) is 18.3 Å². The maximum Gasteiger partial charge on any atom is 0.306 e. The molecular formula is C17H22FNO4. The van der Waals surface area contributed by atoms with Crippen LogP contribution in [-0.4, -0.2) is 35.2 Å². The Morgan fingerprint density at radius 1 is 1.35 bits per heavy atom. The van der Waals surface area contributed by atoms with Gasteiger partial charge >= 0.3 is 5.97 Å². The SMILES string of the molecule is CC(=O)[C@@H](N)CC(Cc1ccc(OC2CC([18F])C2)cc1)C(=O)O. The summed E-state index contributed by atoms with van der Waals surface area (Å²) in [5, 5.41) is 9.28. The lowest BCUT2D eigenvalue weighted by molar-refractivity contribution is -0.142. The summed E-state index contributed by atoms with van der Waals surface area (Å²) in [5.74, 6) is -1.24. The number of Topliss-reactive ketones (excluding diaryl/α,β-unsaturated/α-hetero) is 1. The van der Waals surface area contributed by atoms with Crippen molar-refractivity contribution in [2.24, 2.45) is 11.7 Å². The van der Waals surface area contributed by atoms with Crippen LogP contribution in [0.1, 0.15) is 31.7 Å². The number of carboxylic acid groups (broad SMARTS) is 1. The number of halogens is 1. The number of aliphatic carboxylic acids is 1. The second kappa shape index (κ2) is 7.55. The number of hydrogen-bond acceptors (Lipinski definition) is 4. The van der Waals surface area contributed by atoms with Crippen molar-refractivity contribution in [3.8, 4) is 5.75 Å². The monoisotopic (exact) mass is 322 g/mol. The van der Waals surface area contributed by atoms with Gasteiger partial charge in [-0.1, -0.05) is 12.1 Å². The number of hydrogen-bond donors (Lipinski definition) is 2. The molecule has 0 amide bonds. The Bertz CT molecular complexity index is 554. The van der Waals surface area contributed by atoms with Crippen LogP contribution in [0, 0.1) is 5.92 Å². The number of ketones is 1. The van der Waals surface area contributed by atoms with Gasteiger partial charge in [0, 0.05) is 12.8 Å². The van der Waals surface area contributed by atoms with E-state index in [0.29, 0.717) is 25.0 Å². The molecule has 1 aliphatic rings. The van der Waals surface area contributed by atoms with Crippen LogP contribution < -0.4 is 10.5 Å². The Morgan fingerprint density at radius 3 is 2.43 bits per heavy atom. The van der Waals surface area contributed by atoms with E-state index in [1.54, 1.807) is 24.3 Å². The van der Waals surface area contributed by atoms with Crippen molar-refractivity contribution >= 4 is 11.8 Å². The third kappa shape index (κ3) is 5.03. The number of alkyl halides is 1. The number of carboxylic acids is 1. The molecule has 1 aromatic rings. The van der Waals surface area contributed by atoms with E-state index >= 15 is 0 Å². The Kier molecular flexibility index (Phi) is 5.71. The molecule has 126 valence electrons. The molecule has 23 heavy (non-hydrogen) atoms. The Morgan fingerprint density at radius 2 is 1.96 bits per heavy atom. The zero-order valence-corrected chi connectivity index (χ0v) is 13.1. The van der Waals surface area contributed by atoms with Gasteiger partial charge in [-0.3, -0.25) is 9.59 Å². The number of carbonyl (C=O) groups excluding carboxylic acids is 1. The van der Waals surface area contributed by atoms with Crippen molar-refractivity contribution in [1.82, 2.24) is 0 Å². The standard InChI is InChI=1S/C17H22FNO4/c1-10(20)16(19)7-12(17(21)22)6-11-2-4-14(5-3-11)23-15-8-13(18)9-15/h2-5,12-13,15-16H,6-9,19H2,1H3,(H,21,22)/t12?,13?,15?,16-/m0/s1/i18-1. The molecule has 1 aliphatic carbocycles. The van der Waals surface area contributed by atoms with Gasteiger partial charge in [0.15, 0.2) is 0 Å². The molecular weight excluding hydrogens is 300 g/mol. The van der Waals surface area contributed by atoms with E-state index in [0.717, 1.165) is 5.56 Å². The van der Waals surface area contributed by atoms with Crippen molar-refractivity contribution in [2.75, 3.05) is 0 Å². The van der Waals surface area contributed by atoms with Crippen molar-refractivity contribution in [3.63, 3.8) is 0 Å². The fraction of sp³-hybridized carbons (Fsp3) is 0.529. The zero-order chi connectivity index (χ0) is 17.0. The minimum absolute atomic E-state index is 0.0730. The molecule has 1 saturated carbocycles. The van der Waals surface area contributed by atoms with Crippen LogP contribution in [0.15, 0.2) is 24.3 Å². The van der Waals surface area contributed by atoms with E-state index in [4.69, 9.17) is 10.5 Å². The molecule has 2 rings (SSSR count). The molecule has 6 heteroatoms. The van der Waals surface area contributed by atoms with Gasteiger partial charge in [0.25, 0.3) is 0 Å². The highest BCUT2D eigenvalue weighted by atomic mass is 18.2. The summed E-state index contributed by atoms with van der Waals surface area (Å²) in [4.78, 5) is 22.5. The molecule has 0 bridgehead atoms. The maximum atomic E-state index is 12.7. The first-order valence-electron chi connectivity index (χ1n) is 7.73. The van der Waals surface area contributed by atoms with Crippen LogP contribution in [0.5, 0.6) is 5.75 Å². The van der Waals surface area contributed by atoms with Gasteiger partial charge in [0.05, 0.1) is 12.0 Å². The number of ether oxygens (including phenoxy) is 1. The number of nitrogens with two attached hydrogens (primary N) is 1. The van der Waals surface area contributed by atoms with Crippen LogP contribution in [-0.2, 0) is 16.0 Å². The van der Waals surface area contributed by atoms with Crippen molar-refractivity contribution < 1.29 is 23.8 Å².